The van der Waals surface area contributed by atoms with Crippen molar-refractivity contribution in [3.63, 3.8) is 0 Å². The van der Waals surface area contributed by atoms with Gasteiger partial charge in [0.15, 0.2) is 0 Å². The van der Waals surface area contributed by atoms with Gasteiger partial charge in [0, 0.05) is 6.04 Å². The summed E-state index contributed by atoms with van der Waals surface area (Å²) in [5.41, 5.74) is 0. The Labute approximate surface area is 70.9 Å². The molecule has 2 bridgehead atoms. The number of rotatable bonds is 1. The summed E-state index contributed by atoms with van der Waals surface area (Å²) in [7, 11) is 1.40. The van der Waals surface area contributed by atoms with E-state index in [-0.39, 0.29) is 30.0 Å². The lowest BCUT2D eigenvalue weighted by molar-refractivity contribution is -0.146. The number of aliphatic hydroxyl groups excluding tert-OH is 1. The van der Waals surface area contributed by atoms with Crippen LogP contribution in [0.5, 0.6) is 0 Å². The highest BCUT2D eigenvalue weighted by Gasteiger charge is 2.51. The molecule has 1 heterocycles. The van der Waals surface area contributed by atoms with E-state index in [1.807, 2.05) is 0 Å². The van der Waals surface area contributed by atoms with Gasteiger partial charge in [-0.3, -0.25) is 4.79 Å². The Morgan fingerprint density at radius 2 is 2.42 bits per heavy atom. The summed E-state index contributed by atoms with van der Waals surface area (Å²) in [4.78, 5) is 11.2. The van der Waals surface area contributed by atoms with Gasteiger partial charge < -0.3 is 15.2 Å². The molecule has 2 rings (SSSR count). The first-order valence-corrected chi connectivity index (χ1v) is 4.23. The normalized spacial score (nSPS) is 44.8. The molecule has 4 atom stereocenters. The SMILES string of the molecule is COC(=O)[C@H]1[C@@H]2CN[C@H]1[C@H](O)C2. The van der Waals surface area contributed by atoms with Gasteiger partial charge >= 0.3 is 5.97 Å². The van der Waals surface area contributed by atoms with Crippen molar-refractivity contribution in [2.24, 2.45) is 11.8 Å². The fraction of sp³-hybridized carbons (Fsp3) is 0.875. The van der Waals surface area contributed by atoms with Crippen molar-refractivity contribution >= 4 is 5.97 Å². The number of nitrogens with one attached hydrogen (secondary N) is 1. The third-order valence-corrected chi connectivity index (χ3v) is 2.94. The fourth-order valence-electron chi connectivity index (χ4n) is 2.37. The Hall–Kier alpha value is -0.610. The van der Waals surface area contributed by atoms with E-state index in [0.29, 0.717) is 0 Å². The van der Waals surface area contributed by atoms with Crippen molar-refractivity contribution in [3.05, 3.63) is 0 Å². The summed E-state index contributed by atoms with van der Waals surface area (Å²) >= 11 is 0. The van der Waals surface area contributed by atoms with Crippen LogP contribution in [-0.4, -0.2) is 36.9 Å². The van der Waals surface area contributed by atoms with Gasteiger partial charge in [0.05, 0.1) is 19.1 Å². The summed E-state index contributed by atoms with van der Waals surface area (Å²) in [5, 5.41) is 12.6. The van der Waals surface area contributed by atoms with Crippen LogP contribution in [-0.2, 0) is 9.53 Å². The molecule has 0 amide bonds. The standard InChI is InChI=1S/C8H13NO3/c1-12-8(11)6-4-2-5(10)7(6)9-3-4/h4-7,9-10H,2-3H2,1H3/t4-,5+,6-,7-/m0/s1. The molecular weight excluding hydrogens is 158 g/mol. The van der Waals surface area contributed by atoms with Gasteiger partial charge in [-0.2, -0.15) is 0 Å². The number of hydrogen-bond acceptors (Lipinski definition) is 4. The third-order valence-electron chi connectivity index (χ3n) is 2.94. The van der Waals surface area contributed by atoms with E-state index in [1.165, 1.54) is 7.11 Å². The van der Waals surface area contributed by atoms with E-state index >= 15 is 0 Å². The molecular formula is C8H13NO3. The van der Waals surface area contributed by atoms with E-state index < -0.39 is 0 Å². The molecule has 0 aromatic rings. The average Bonchev–Trinajstić information content (AvgIpc) is 2.59. The first-order chi connectivity index (χ1) is 5.74. The molecule has 0 unspecified atom stereocenters. The van der Waals surface area contributed by atoms with Crippen molar-refractivity contribution in [3.8, 4) is 0 Å². The van der Waals surface area contributed by atoms with Crippen molar-refractivity contribution in [1.82, 2.24) is 5.32 Å². The summed E-state index contributed by atoms with van der Waals surface area (Å²) in [6.45, 7) is 0.835. The molecule has 2 aliphatic rings. The zero-order valence-corrected chi connectivity index (χ0v) is 6.99. The molecule has 1 aliphatic carbocycles. The number of piperidine rings is 1. The van der Waals surface area contributed by atoms with E-state index in [0.717, 1.165) is 13.0 Å². The number of hydrogen-bond donors (Lipinski definition) is 2. The average molecular weight is 171 g/mol. The fourth-order valence-corrected chi connectivity index (χ4v) is 2.37. The number of carbonyl (C=O) groups is 1. The van der Waals surface area contributed by atoms with Crippen molar-refractivity contribution in [2.75, 3.05) is 13.7 Å². The molecule has 4 heteroatoms. The van der Waals surface area contributed by atoms with Crippen molar-refractivity contribution in [2.45, 2.75) is 18.6 Å². The minimum atomic E-state index is -0.368. The molecule has 1 saturated carbocycles. The molecule has 68 valence electrons. The van der Waals surface area contributed by atoms with E-state index in [4.69, 9.17) is 0 Å². The second-order valence-electron chi connectivity index (χ2n) is 3.55. The third kappa shape index (κ3) is 0.949. The van der Waals surface area contributed by atoms with Crippen molar-refractivity contribution < 1.29 is 14.6 Å². The topological polar surface area (TPSA) is 58.6 Å². The Kier molecular flexibility index (Phi) is 1.81. The molecule has 1 aliphatic heterocycles. The molecule has 0 radical (unpaired) electrons. The lowest BCUT2D eigenvalue weighted by Gasteiger charge is -2.17. The molecule has 1 saturated heterocycles. The summed E-state index contributed by atoms with van der Waals surface area (Å²) in [6.07, 6.45) is 0.366. The predicted molar refractivity (Wildman–Crippen MR) is 41.4 cm³/mol. The van der Waals surface area contributed by atoms with Crippen molar-refractivity contribution in [1.29, 1.82) is 0 Å². The summed E-state index contributed by atoms with van der Waals surface area (Å²) < 4.78 is 4.67. The van der Waals surface area contributed by atoms with Crippen LogP contribution in [0.15, 0.2) is 0 Å². The van der Waals surface area contributed by atoms with Gasteiger partial charge in [-0.25, -0.2) is 0 Å². The molecule has 2 fully saturated rings. The number of ether oxygens (including phenoxy) is 1. The highest BCUT2D eigenvalue weighted by atomic mass is 16.5. The van der Waals surface area contributed by atoms with Gasteiger partial charge in [-0.1, -0.05) is 0 Å². The summed E-state index contributed by atoms with van der Waals surface area (Å²) in [6, 6.07) is -0.0672. The maximum atomic E-state index is 11.2. The minimum absolute atomic E-state index is 0.0672. The number of carbonyl (C=O) groups excluding carboxylic acids is 1. The predicted octanol–water partition coefficient (Wildman–Crippen LogP) is -0.872. The Balaban J connectivity index is 2.13. The van der Waals surface area contributed by atoms with Gasteiger partial charge in [-0.05, 0) is 18.9 Å². The molecule has 0 aromatic heterocycles. The minimum Gasteiger partial charge on any atom is -0.469 e. The van der Waals surface area contributed by atoms with Crippen LogP contribution in [0.3, 0.4) is 0 Å². The largest absolute Gasteiger partial charge is 0.469 e. The zero-order valence-electron chi connectivity index (χ0n) is 6.99. The first kappa shape index (κ1) is 8.01. The van der Waals surface area contributed by atoms with Gasteiger partial charge in [-0.15, -0.1) is 0 Å². The van der Waals surface area contributed by atoms with Crippen LogP contribution in [0, 0.1) is 11.8 Å². The van der Waals surface area contributed by atoms with Gasteiger partial charge in [0.25, 0.3) is 0 Å². The van der Waals surface area contributed by atoms with E-state index in [2.05, 4.69) is 10.1 Å². The van der Waals surface area contributed by atoms with Crippen LogP contribution in [0.25, 0.3) is 0 Å². The lowest BCUT2D eigenvalue weighted by Crippen LogP contribution is -2.39. The number of esters is 1. The Morgan fingerprint density at radius 3 is 2.83 bits per heavy atom. The lowest BCUT2D eigenvalue weighted by atomic mass is 9.99. The van der Waals surface area contributed by atoms with Crippen LogP contribution >= 0.6 is 0 Å². The second kappa shape index (κ2) is 2.71. The van der Waals surface area contributed by atoms with E-state index in [1.54, 1.807) is 0 Å². The van der Waals surface area contributed by atoms with Crippen LogP contribution in [0.4, 0.5) is 0 Å². The van der Waals surface area contributed by atoms with Gasteiger partial charge in [0.2, 0.25) is 0 Å². The van der Waals surface area contributed by atoms with Crippen LogP contribution in [0.1, 0.15) is 6.42 Å². The second-order valence-corrected chi connectivity index (χ2v) is 3.55. The molecule has 4 nitrogen and oxygen atoms in total. The number of fused-ring (bicyclic) bond motifs is 2. The van der Waals surface area contributed by atoms with Crippen LogP contribution in [0.2, 0.25) is 0 Å². The summed E-state index contributed by atoms with van der Waals surface area (Å²) in [5.74, 6) is -0.0333. The zero-order chi connectivity index (χ0) is 8.72. The number of methoxy groups -OCH3 is 1. The maximum Gasteiger partial charge on any atom is 0.310 e. The highest BCUT2D eigenvalue weighted by molar-refractivity contribution is 5.74. The van der Waals surface area contributed by atoms with Gasteiger partial charge in [0.1, 0.15) is 0 Å². The molecule has 0 spiro atoms. The molecule has 0 aromatic carbocycles. The molecule has 2 N–H and O–H groups in total. The quantitative estimate of drug-likeness (QED) is 0.503. The smallest absolute Gasteiger partial charge is 0.310 e. The first-order valence-electron chi connectivity index (χ1n) is 4.23. The van der Waals surface area contributed by atoms with Crippen LogP contribution < -0.4 is 5.32 Å². The monoisotopic (exact) mass is 171 g/mol. The maximum absolute atomic E-state index is 11.2. The number of aliphatic hydroxyl groups is 1. The van der Waals surface area contributed by atoms with E-state index in [9.17, 15) is 9.90 Å². The highest BCUT2D eigenvalue weighted by Crippen LogP contribution is 2.37. The Morgan fingerprint density at radius 1 is 1.67 bits per heavy atom. The Bertz CT molecular complexity index is 206. The molecule has 12 heavy (non-hydrogen) atoms.